The molecule has 1 aromatic carbocycles. The zero-order chi connectivity index (χ0) is 31.3. The summed E-state index contributed by atoms with van der Waals surface area (Å²) in [5.74, 6) is 0. The number of alkyl halides is 1. The molecule has 0 unspecified atom stereocenters. The van der Waals surface area contributed by atoms with Gasteiger partial charge in [0, 0.05) is 5.56 Å². The van der Waals surface area contributed by atoms with Gasteiger partial charge in [0.1, 0.15) is 23.5 Å². The molecule has 12 heteroatoms. The molecule has 0 aromatic heterocycles. The summed E-state index contributed by atoms with van der Waals surface area (Å²) in [6.07, 6.45) is -1.39. The summed E-state index contributed by atoms with van der Waals surface area (Å²) in [5, 5.41) is -0.704. The van der Waals surface area contributed by atoms with Gasteiger partial charge in [-0.2, -0.15) is 8.42 Å². The van der Waals surface area contributed by atoms with Crippen molar-refractivity contribution in [3.8, 4) is 0 Å². The molecule has 2 rings (SSSR count). The van der Waals surface area contributed by atoms with Gasteiger partial charge >= 0.3 is 0 Å². The summed E-state index contributed by atoms with van der Waals surface area (Å²) >= 11 is 5.59. The molecular weight excluding hydrogens is 600 g/mol. The van der Waals surface area contributed by atoms with E-state index in [1.54, 1.807) is 6.08 Å². The minimum atomic E-state index is -3.93. The molecule has 0 spiro atoms. The second-order valence-corrected chi connectivity index (χ2v) is 25.4. The molecule has 1 saturated heterocycles. The number of halogens is 1. The van der Waals surface area contributed by atoms with E-state index < -0.39 is 62.7 Å². The van der Waals surface area contributed by atoms with Crippen LogP contribution in [-0.2, 0) is 37.4 Å². The Balaban J connectivity index is 2.38. The highest BCUT2D eigenvalue weighted by molar-refractivity contribution is 7.87. The van der Waals surface area contributed by atoms with E-state index in [1.165, 1.54) is 0 Å². The minimum Gasteiger partial charge on any atom is -0.414 e. The molecule has 0 saturated carbocycles. The van der Waals surface area contributed by atoms with Gasteiger partial charge in [-0.05, 0) is 36.3 Å². The van der Waals surface area contributed by atoms with Crippen molar-refractivity contribution in [1.82, 2.24) is 0 Å². The molecule has 1 aromatic rings. The number of rotatable bonds is 14. The van der Waals surface area contributed by atoms with Crippen molar-refractivity contribution in [3.05, 3.63) is 48.6 Å². The van der Waals surface area contributed by atoms with Crippen molar-refractivity contribution in [2.24, 2.45) is 0 Å². The van der Waals surface area contributed by atoms with E-state index in [2.05, 4.69) is 74.3 Å². The third-order valence-electron chi connectivity index (χ3n) is 8.34. The first-order valence-corrected chi connectivity index (χ1v) is 22.0. The predicted octanol–water partition coefficient (Wildman–Crippen LogP) is 7.00. The smallest absolute Gasteiger partial charge is 0.281 e. The highest BCUT2D eigenvalue weighted by atomic mass is 35.5. The largest absolute Gasteiger partial charge is 0.414 e. The molecule has 1 aliphatic heterocycles. The van der Waals surface area contributed by atoms with Gasteiger partial charge in [-0.25, -0.2) is 0 Å². The van der Waals surface area contributed by atoms with E-state index >= 15 is 0 Å². The molecule has 0 amide bonds. The molecule has 41 heavy (non-hydrogen) atoms. The molecule has 0 N–H and O–H groups in total. The molecule has 1 aliphatic rings. The fourth-order valence-corrected chi connectivity index (χ4v) is 6.46. The van der Waals surface area contributed by atoms with Crippen LogP contribution in [0.1, 0.15) is 53.4 Å². The quantitative estimate of drug-likeness (QED) is 0.0921. The fraction of sp³-hybridized carbons (Fsp3) is 0.724. The highest BCUT2D eigenvalue weighted by Gasteiger charge is 2.44. The van der Waals surface area contributed by atoms with Gasteiger partial charge in [-0.1, -0.05) is 78.0 Å². The molecule has 5 atom stereocenters. The van der Waals surface area contributed by atoms with E-state index in [1.807, 2.05) is 30.3 Å². The van der Waals surface area contributed by atoms with Crippen molar-refractivity contribution in [3.63, 3.8) is 0 Å². The summed E-state index contributed by atoms with van der Waals surface area (Å²) in [6.45, 7) is 26.0. The van der Waals surface area contributed by atoms with Crippen molar-refractivity contribution in [1.29, 1.82) is 0 Å². The van der Waals surface area contributed by atoms with Crippen LogP contribution < -0.4 is 0 Å². The van der Waals surface area contributed by atoms with Crippen molar-refractivity contribution in [2.45, 2.75) is 109 Å². The second kappa shape index (κ2) is 14.4. The number of benzene rings is 1. The summed E-state index contributed by atoms with van der Waals surface area (Å²) in [5.41, 5.74) is 0.805. The molecule has 1 fully saturated rings. The van der Waals surface area contributed by atoms with E-state index in [0.29, 0.717) is 0 Å². The Bertz CT molecular complexity index is 1070. The topological polar surface area (TPSA) is 89.5 Å². The highest BCUT2D eigenvalue weighted by Crippen LogP contribution is 2.40. The average molecular weight is 651 g/mol. The molecule has 0 aliphatic carbocycles. The predicted molar refractivity (Wildman–Crippen MR) is 170 cm³/mol. The van der Waals surface area contributed by atoms with E-state index in [0.717, 1.165) is 5.56 Å². The van der Waals surface area contributed by atoms with E-state index in [4.69, 9.17) is 38.8 Å². The monoisotopic (exact) mass is 650 g/mol. The van der Waals surface area contributed by atoms with Gasteiger partial charge in [0.2, 0.25) is 0 Å². The van der Waals surface area contributed by atoms with Crippen LogP contribution in [0.3, 0.4) is 0 Å². The lowest BCUT2D eigenvalue weighted by molar-refractivity contribution is -0.281. The van der Waals surface area contributed by atoms with E-state index in [-0.39, 0.29) is 29.9 Å². The third kappa shape index (κ3) is 10.5. The minimum absolute atomic E-state index is 0.00618. The van der Waals surface area contributed by atoms with Gasteiger partial charge in [-0.15, -0.1) is 18.2 Å². The lowest BCUT2D eigenvalue weighted by Gasteiger charge is -2.44. The van der Waals surface area contributed by atoms with Crippen LogP contribution in [0.15, 0.2) is 43.0 Å². The van der Waals surface area contributed by atoms with Crippen LogP contribution in [0.2, 0.25) is 36.3 Å². The van der Waals surface area contributed by atoms with Gasteiger partial charge in [0.05, 0.1) is 25.9 Å². The first kappa shape index (κ1) is 36.6. The lowest BCUT2D eigenvalue weighted by atomic mass is 10.1. The fourth-order valence-electron chi connectivity index (χ4n) is 3.57. The molecule has 236 valence electrons. The van der Waals surface area contributed by atoms with Crippen molar-refractivity contribution >= 4 is 38.4 Å². The SMILES string of the molecule is C=C[C@@H](O[Si](C)(C)C(C)(C)C)[C@H](CO[Si](C)(C)C(C)(C)C)O[C@@H]1CO[C@@H](c2ccccc2)O[C@H]1COS(=O)(=O)CCl. The van der Waals surface area contributed by atoms with E-state index in [9.17, 15) is 8.42 Å². The maximum absolute atomic E-state index is 12.1. The Morgan fingerprint density at radius 2 is 1.63 bits per heavy atom. The normalized spacial score (nSPS) is 22.8. The second-order valence-electron chi connectivity index (χ2n) is 13.6. The lowest BCUT2D eigenvalue weighted by Crippen LogP contribution is -2.53. The Morgan fingerprint density at radius 3 is 2.15 bits per heavy atom. The van der Waals surface area contributed by atoms with Crippen LogP contribution in [0.5, 0.6) is 0 Å². The maximum Gasteiger partial charge on any atom is 0.281 e. The maximum atomic E-state index is 12.1. The summed E-state index contributed by atoms with van der Waals surface area (Å²) in [4.78, 5) is 0. The van der Waals surface area contributed by atoms with Gasteiger partial charge in [0.25, 0.3) is 10.1 Å². The summed E-state index contributed by atoms with van der Waals surface area (Å²) in [6, 6.07) is 9.44. The average Bonchev–Trinajstić information content (AvgIpc) is 2.88. The summed E-state index contributed by atoms with van der Waals surface area (Å²) < 4.78 is 61.8. The molecule has 1 heterocycles. The molecular formula is C29H51ClO8SSi2. The molecule has 0 bridgehead atoms. The number of hydrogen-bond acceptors (Lipinski definition) is 8. The van der Waals surface area contributed by atoms with Crippen LogP contribution >= 0.6 is 11.6 Å². The standard InChI is InChI=1S/C29H51ClO8SSi2/c1-12-23(38-41(10,11)29(5,6)7)26(20-35-40(8,9)28(2,3)4)36-24-18-33-27(22-16-14-13-15-17-22)37-25(24)19-34-39(31,32)21-30/h12-17,23-27H,1,18-21H2,2-11H3/t23-,24-,25+,26+,27-/m1/s1. The van der Waals surface area contributed by atoms with Crippen molar-refractivity contribution in [2.75, 3.05) is 25.0 Å². The molecule has 0 radical (unpaired) electrons. The van der Waals surface area contributed by atoms with Crippen LogP contribution in [0.4, 0.5) is 0 Å². The zero-order valence-electron chi connectivity index (χ0n) is 26.4. The number of hydrogen-bond donors (Lipinski definition) is 0. The van der Waals surface area contributed by atoms with Gasteiger partial charge < -0.3 is 23.1 Å². The zero-order valence-corrected chi connectivity index (χ0v) is 30.0. The first-order chi connectivity index (χ1) is 18.7. The van der Waals surface area contributed by atoms with Crippen LogP contribution in [0, 0.1) is 0 Å². The Hall–Kier alpha value is -0.606. The van der Waals surface area contributed by atoms with Crippen molar-refractivity contribution < 1.29 is 35.7 Å². The Labute approximate surface area is 255 Å². The first-order valence-electron chi connectivity index (χ1n) is 14.1. The van der Waals surface area contributed by atoms with Gasteiger partial charge in [-0.3, -0.25) is 4.18 Å². The van der Waals surface area contributed by atoms with Gasteiger partial charge in [0.15, 0.2) is 22.9 Å². The summed E-state index contributed by atoms with van der Waals surface area (Å²) in [7, 11) is -8.29. The Morgan fingerprint density at radius 1 is 1.05 bits per heavy atom. The Kier molecular flexibility index (Phi) is 12.9. The van der Waals surface area contributed by atoms with Crippen LogP contribution in [0.25, 0.3) is 0 Å². The number of ether oxygens (including phenoxy) is 3. The third-order valence-corrected chi connectivity index (χ3v) is 18.9. The van der Waals surface area contributed by atoms with Crippen LogP contribution in [-0.4, -0.2) is 74.5 Å². The molecule has 8 nitrogen and oxygen atoms in total.